The molecule has 0 aliphatic carbocycles. The Hall–Kier alpha value is -0.560. The lowest BCUT2D eigenvalue weighted by atomic mass is 10.1. The lowest BCUT2D eigenvalue weighted by Crippen LogP contribution is -2.15. The predicted octanol–water partition coefficient (Wildman–Crippen LogP) is 2.30. The van der Waals surface area contributed by atoms with Gasteiger partial charge in [-0.15, -0.1) is 6.58 Å². The van der Waals surface area contributed by atoms with E-state index in [0.717, 1.165) is 19.4 Å². The second-order valence-corrected chi connectivity index (χ2v) is 2.70. The summed E-state index contributed by atoms with van der Waals surface area (Å²) in [5.41, 5.74) is 1.44. The largest absolute Gasteiger partial charge is 0.373 e. The molecule has 1 aliphatic heterocycles. The van der Waals surface area contributed by atoms with Gasteiger partial charge < -0.3 is 4.74 Å². The van der Waals surface area contributed by atoms with Crippen molar-refractivity contribution in [3.63, 3.8) is 0 Å². The molecule has 0 aromatic carbocycles. The second-order valence-electron chi connectivity index (χ2n) is 2.70. The van der Waals surface area contributed by atoms with Crippen LogP contribution in [0.1, 0.15) is 19.8 Å². The smallest absolute Gasteiger partial charge is 0.0792 e. The van der Waals surface area contributed by atoms with Crippen LogP contribution in [0.3, 0.4) is 0 Å². The van der Waals surface area contributed by atoms with Crippen LogP contribution >= 0.6 is 0 Å². The van der Waals surface area contributed by atoms with Gasteiger partial charge in [-0.25, -0.2) is 0 Å². The summed E-state index contributed by atoms with van der Waals surface area (Å²) in [4.78, 5) is 0. The maximum Gasteiger partial charge on any atom is 0.0792 e. The molecule has 0 bridgehead atoms. The van der Waals surface area contributed by atoms with Gasteiger partial charge in [0.1, 0.15) is 0 Å². The average molecular weight is 138 g/mol. The van der Waals surface area contributed by atoms with Crippen LogP contribution < -0.4 is 0 Å². The van der Waals surface area contributed by atoms with Crippen LogP contribution in [0.4, 0.5) is 0 Å². The van der Waals surface area contributed by atoms with E-state index in [1.165, 1.54) is 5.57 Å². The summed E-state index contributed by atoms with van der Waals surface area (Å²) < 4.78 is 5.44. The third kappa shape index (κ3) is 1.99. The highest BCUT2D eigenvalue weighted by molar-refractivity contribution is 5.06. The third-order valence-electron chi connectivity index (χ3n) is 1.70. The van der Waals surface area contributed by atoms with E-state index in [1.807, 2.05) is 6.08 Å². The Bertz CT molecular complexity index is 147. The summed E-state index contributed by atoms with van der Waals surface area (Å²) in [5.74, 6) is 0. The first-order valence-electron chi connectivity index (χ1n) is 3.72. The van der Waals surface area contributed by atoms with E-state index in [-0.39, 0.29) is 0 Å². The monoisotopic (exact) mass is 138 g/mol. The van der Waals surface area contributed by atoms with Crippen molar-refractivity contribution in [3.8, 4) is 0 Å². The van der Waals surface area contributed by atoms with E-state index in [4.69, 9.17) is 4.74 Å². The molecule has 1 nitrogen and oxygen atoms in total. The zero-order chi connectivity index (χ0) is 7.40. The number of rotatable bonds is 2. The lowest BCUT2D eigenvalue weighted by Gasteiger charge is -2.18. The van der Waals surface area contributed by atoms with Crippen molar-refractivity contribution in [2.75, 3.05) is 6.61 Å². The van der Waals surface area contributed by atoms with E-state index in [1.54, 1.807) is 0 Å². The lowest BCUT2D eigenvalue weighted by molar-refractivity contribution is 0.0790. The van der Waals surface area contributed by atoms with Crippen LogP contribution in [0.5, 0.6) is 0 Å². The maximum absolute atomic E-state index is 5.44. The van der Waals surface area contributed by atoms with E-state index in [2.05, 4.69) is 19.6 Å². The first kappa shape index (κ1) is 7.55. The van der Waals surface area contributed by atoms with E-state index >= 15 is 0 Å². The standard InChI is InChI=1S/C9H14O/c1-3-4-9-7-8(2)5-6-10-9/h3,7,9H,1,4-6H2,2H3. The minimum absolute atomic E-state index is 0.297. The van der Waals surface area contributed by atoms with Gasteiger partial charge in [0.15, 0.2) is 0 Å². The fourth-order valence-electron chi connectivity index (χ4n) is 1.12. The molecule has 0 N–H and O–H groups in total. The van der Waals surface area contributed by atoms with Crippen LogP contribution in [0.25, 0.3) is 0 Å². The Balaban J connectivity index is 2.45. The van der Waals surface area contributed by atoms with Crippen molar-refractivity contribution < 1.29 is 4.74 Å². The number of hydrogen-bond acceptors (Lipinski definition) is 1. The molecule has 56 valence electrons. The molecule has 1 unspecified atom stereocenters. The highest BCUT2D eigenvalue weighted by Gasteiger charge is 2.08. The van der Waals surface area contributed by atoms with Crippen molar-refractivity contribution in [3.05, 3.63) is 24.3 Å². The molecular formula is C9H14O. The Morgan fingerprint density at radius 3 is 3.30 bits per heavy atom. The third-order valence-corrected chi connectivity index (χ3v) is 1.70. The van der Waals surface area contributed by atoms with Gasteiger partial charge in [-0.3, -0.25) is 0 Å². The fourth-order valence-corrected chi connectivity index (χ4v) is 1.12. The Labute approximate surface area is 62.4 Å². The number of hydrogen-bond donors (Lipinski definition) is 0. The predicted molar refractivity (Wildman–Crippen MR) is 42.9 cm³/mol. The molecule has 1 rings (SSSR count). The molecular weight excluding hydrogens is 124 g/mol. The van der Waals surface area contributed by atoms with Gasteiger partial charge in [0.05, 0.1) is 12.7 Å². The summed E-state index contributed by atoms with van der Waals surface area (Å²) in [6.07, 6.45) is 6.42. The van der Waals surface area contributed by atoms with Crippen molar-refractivity contribution in [2.24, 2.45) is 0 Å². The minimum atomic E-state index is 0.297. The Morgan fingerprint density at radius 1 is 1.90 bits per heavy atom. The Morgan fingerprint density at radius 2 is 2.70 bits per heavy atom. The fraction of sp³-hybridized carbons (Fsp3) is 0.556. The van der Waals surface area contributed by atoms with Crippen LogP contribution in [0, 0.1) is 0 Å². The molecule has 0 radical (unpaired) electrons. The summed E-state index contributed by atoms with van der Waals surface area (Å²) in [6, 6.07) is 0. The van der Waals surface area contributed by atoms with Gasteiger partial charge >= 0.3 is 0 Å². The van der Waals surface area contributed by atoms with Crippen molar-refractivity contribution in [1.82, 2.24) is 0 Å². The zero-order valence-corrected chi connectivity index (χ0v) is 6.47. The van der Waals surface area contributed by atoms with Gasteiger partial charge in [-0.2, -0.15) is 0 Å². The van der Waals surface area contributed by atoms with Crippen molar-refractivity contribution in [2.45, 2.75) is 25.9 Å². The molecule has 0 saturated carbocycles. The first-order chi connectivity index (χ1) is 4.83. The van der Waals surface area contributed by atoms with Crippen LogP contribution in [0.15, 0.2) is 24.3 Å². The van der Waals surface area contributed by atoms with Crippen LogP contribution in [-0.2, 0) is 4.74 Å². The molecule has 0 spiro atoms. The molecule has 0 amide bonds. The van der Waals surface area contributed by atoms with Crippen LogP contribution in [-0.4, -0.2) is 12.7 Å². The van der Waals surface area contributed by atoms with Gasteiger partial charge in [0.25, 0.3) is 0 Å². The molecule has 0 saturated heterocycles. The van der Waals surface area contributed by atoms with Gasteiger partial charge in [0.2, 0.25) is 0 Å². The van der Waals surface area contributed by atoms with Crippen LogP contribution in [0.2, 0.25) is 0 Å². The zero-order valence-electron chi connectivity index (χ0n) is 6.47. The topological polar surface area (TPSA) is 9.23 Å². The van der Waals surface area contributed by atoms with E-state index in [0.29, 0.717) is 6.10 Å². The highest BCUT2D eigenvalue weighted by Crippen LogP contribution is 2.14. The summed E-state index contributed by atoms with van der Waals surface area (Å²) in [5, 5.41) is 0. The minimum Gasteiger partial charge on any atom is -0.373 e. The first-order valence-corrected chi connectivity index (χ1v) is 3.72. The van der Waals surface area contributed by atoms with Gasteiger partial charge in [-0.05, 0) is 19.8 Å². The molecule has 0 aromatic rings. The average Bonchev–Trinajstić information content (AvgIpc) is 1.88. The summed E-state index contributed by atoms with van der Waals surface area (Å²) in [7, 11) is 0. The van der Waals surface area contributed by atoms with Gasteiger partial charge in [0, 0.05) is 0 Å². The quantitative estimate of drug-likeness (QED) is 0.532. The number of ether oxygens (including phenoxy) is 1. The molecule has 1 heterocycles. The second kappa shape index (κ2) is 3.57. The Kier molecular flexibility index (Phi) is 2.69. The molecule has 1 heteroatoms. The summed E-state index contributed by atoms with van der Waals surface area (Å²) in [6.45, 7) is 6.70. The molecule has 1 atom stereocenters. The molecule has 0 fully saturated rings. The normalized spacial score (nSPS) is 25.7. The SMILES string of the molecule is C=CCC1C=C(C)CCO1. The van der Waals surface area contributed by atoms with Gasteiger partial charge in [-0.1, -0.05) is 17.7 Å². The maximum atomic E-state index is 5.44. The molecule has 1 aliphatic rings. The molecule has 10 heavy (non-hydrogen) atoms. The van der Waals surface area contributed by atoms with E-state index < -0.39 is 0 Å². The van der Waals surface area contributed by atoms with Crippen molar-refractivity contribution >= 4 is 0 Å². The highest BCUT2D eigenvalue weighted by atomic mass is 16.5. The van der Waals surface area contributed by atoms with E-state index in [9.17, 15) is 0 Å². The van der Waals surface area contributed by atoms with Crippen molar-refractivity contribution in [1.29, 1.82) is 0 Å². The summed E-state index contributed by atoms with van der Waals surface area (Å²) >= 11 is 0. The molecule has 0 aromatic heterocycles.